The van der Waals surface area contributed by atoms with Crippen molar-refractivity contribution in [2.75, 3.05) is 19.5 Å². The second-order valence-electron chi connectivity index (χ2n) is 6.04. The number of nitrogens with one attached hydrogen (secondary N) is 1. The molecule has 0 fully saturated rings. The summed E-state index contributed by atoms with van der Waals surface area (Å²) >= 11 is 4.92. The predicted molar refractivity (Wildman–Crippen MR) is 117 cm³/mol. The summed E-state index contributed by atoms with van der Waals surface area (Å²) in [5.74, 6) is 1.12. The van der Waals surface area contributed by atoms with E-state index < -0.39 is 0 Å². The number of carbonyl (C=O) groups is 1. The first-order valence-corrected chi connectivity index (χ1v) is 10.5. The molecule has 0 atom stereocenters. The van der Waals surface area contributed by atoms with Crippen LogP contribution in [0.4, 0.5) is 5.13 Å². The van der Waals surface area contributed by atoms with Crippen molar-refractivity contribution < 1.29 is 14.3 Å². The quantitative estimate of drug-likeness (QED) is 0.484. The maximum Gasteiger partial charge on any atom is 0.258 e. The van der Waals surface area contributed by atoms with Crippen LogP contribution >= 0.6 is 27.3 Å². The van der Waals surface area contributed by atoms with Gasteiger partial charge in [-0.05, 0) is 52.7 Å². The van der Waals surface area contributed by atoms with Crippen molar-refractivity contribution >= 4 is 38.3 Å². The molecule has 0 bridgehead atoms. The SMILES string of the molecule is CCCc1sc(NC(=O)c2ccccc2Br)nc1-c1ccc(OC)c(OC)c1. The summed E-state index contributed by atoms with van der Waals surface area (Å²) in [4.78, 5) is 18.4. The maximum atomic E-state index is 12.6. The van der Waals surface area contributed by atoms with Gasteiger partial charge in [-0.15, -0.1) is 11.3 Å². The summed E-state index contributed by atoms with van der Waals surface area (Å²) in [6.45, 7) is 2.12. The van der Waals surface area contributed by atoms with E-state index in [4.69, 9.17) is 14.5 Å². The van der Waals surface area contributed by atoms with E-state index in [1.54, 1.807) is 20.3 Å². The number of rotatable bonds is 7. The molecule has 0 saturated heterocycles. The highest BCUT2D eigenvalue weighted by Gasteiger charge is 2.17. The molecule has 0 saturated carbocycles. The van der Waals surface area contributed by atoms with Gasteiger partial charge in [0.1, 0.15) is 0 Å². The Balaban J connectivity index is 1.94. The second kappa shape index (κ2) is 9.21. The molecule has 5 nitrogen and oxygen atoms in total. The number of hydrogen-bond donors (Lipinski definition) is 1. The third-order valence-corrected chi connectivity index (χ3v) is 5.89. The van der Waals surface area contributed by atoms with E-state index in [0.717, 1.165) is 33.4 Å². The van der Waals surface area contributed by atoms with Gasteiger partial charge in [-0.25, -0.2) is 4.98 Å². The number of anilines is 1. The summed E-state index contributed by atoms with van der Waals surface area (Å²) in [5.41, 5.74) is 2.36. The Morgan fingerprint density at radius 3 is 2.57 bits per heavy atom. The van der Waals surface area contributed by atoms with E-state index in [1.807, 2.05) is 36.4 Å². The molecule has 0 radical (unpaired) electrons. The van der Waals surface area contributed by atoms with Crippen molar-refractivity contribution in [1.29, 1.82) is 0 Å². The lowest BCUT2D eigenvalue weighted by atomic mass is 10.1. The molecule has 146 valence electrons. The smallest absolute Gasteiger partial charge is 0.258 e. The number of carbonyl (C=O) groups excluding carboxylic acids is 1. The zero-order chi connectivity index (χ0) is 20.1. The average molecular weight is 461 g/mol. The minimum absolute atomic E-state index is 0.192. The molecule has 1 amide bonds. The van der Waals surface area contributed by atoms with Gasteiger partial charge in [-0.3, -0.25) is 10.1 Å². The highest BCUT2D eigenvalue weighted by atomic mass is 79.9. The van der Waals surface area contributed by atoms with Gasteiger partial charge in [-0.2, -0.15) is 0 Å². The monoisotopic (exact) mass is 460 g/mol. The number of aromatic nitrogens is 1. The second-order valence-corrected chi connectivity index (χ2v) is 7.98. The Bertz CT molecular complexity index is 988. The summed E-state index contributed by atoms with van der Waals surface area (Å²) in [7, 11) is 3.22. The third-order valence-electron chi connectivity index (χ3n) is 4.17. The van der Waals surface area contributed by atoms with Crippen LogP contribution in [0.3, 0.4) is 0 Å². The van der Waals surface area contributed by atoms with E-state index in [1.165, 1.54) is 11.3 Å². The first kappa shape index (κ1) is 20.4. The molecule has 0 unspecified atom stereocenters. The van der Waals surface area contributed by atoms with Crippen molar-refractivity contribution in [1.82, 2.24) is 4.98 Å². The van der Waals surface area contributed by atoms with Crippen LogP contribution in [-0.2, 0) is 6.42 Å². The molecule has 28 heavy (non-hydrogen) atoms. The molecule has 1 heterocycles. The predicted octanol–water partition coefficient (Wildman–Crippen LogP) is 5.79. The van der Waals surface area contributed by atoms with Crippen molar-refractivity contribution in [2.45, 2.75) is 19.8 Å². The number of aryl methyl sites for hydroxylation is 1. The minimum atomic E-state index is -0.192. The number of ether oxygens (including phenoxy) is 2. The van der Waals surface area contributed by atoms with Crippen molar-refractivity contribution in [2.24, 2.45) is 0 Å². The van der Waals surface area contributed by atoms with Gasteiger partial charge in [0.2, 0.25) is 0 Å². The summed E-state index contributed by atoms with van der Waals surface area (Å²) in [6.07, 6.45) is 1.87. The molecule has 3 aromatic rings. The third kappa shape index (κ3) is 4.36. The van der Waals surface area contributed by atoms with Crippen LogP contribution in [0.25, 0.3) is 11.3 Å². The van der Waals surface area contributed by atoms with Crippen LogP contribution in [-0.4, -0.2) is 25.1 Å². The van der Waals surface area contributed by atoms with Gasteiger partial charge in [0.15, 0.2) is 16.6 Å². The highest BCUT2D eigenvalue weighted by Crippen LogP contribution is 2.37. The van der Waals surface area contributed by atoms with Crippen LogP contribution in [0.5, 0.6) is 11.5 Å². The first-order chi connectivity index (χ1) is 13.6. The van der Waals surface area contributed by atoms with E-state index in [-0.39, 0.29) is 5.91 Å². The van der Waals surface area contributed by atoms with Crippen LogP contribution in [0.1, 0.15) is 28.6 Å². The number of nitrogens with zero attached hydrogens (tertiary/aromatic N) is 1. The van der Waals surface area contributed by atoms with Crippen LogP contribution < -0.4 is 14.8 Å². The Kier molecular flexibility index (Phi) is 6.70. The Labute approximate surface area is 176 Å². The van der Waals surface area contributed by atoms with Crippen molar-refractivity contribution in [3.8, 4) is 22.8 Å². The van der Waals surface area contributed by atoms with Gasteiger partial charge < -0.3 is 9.47 Å². The number of thiazole rings is 1. The Hall–Kier alpha value is -2.38. The molecule has 2 aromatic carbocycles. The minimum Gasteiger partial charge on any atom is -0.493 e. The highest BCUT2D eigenvalue weighted by molar-refractivity contribution is 9.10. The zero-order valence-electron chi connectivity index (χ0n) is 15.9. The molecule has 1 N–H and O–H groups in total. The molecule has 3 rings (SSSR count). The number of benzene rings is 2. The molecule has 1 aromatic heterocycles. The van der Waals surface area contributed by atoms with Gasteiger partial charge in [-0.1, -0.05) is 25.5 Å². The maximum absolute atomic E-state index is 12.6. The molecule has 0 aliphatic heterocycles. The lowest BCUT2D eigenvalue weighted by Gasteiger charge is -2.09. The number of halogens is 1. The summed E-state index contributed by atoms with van der Waals surface area (Å²) < 4.78 is 11.5. The van der Waals surface area contributed by atoms with Gasteiger partial charge in [0.25, 0.3) is 5.91 Å². The van der Waals surface area contributed by atoms with Crippen LogP contribution in [0, 0.1) is 0 Å². The van der Waals surface area contributed by atoms with E-state index in [2.05, 4.69) is 28.2 Å². The standard InChI is InChI=1S/C21H21BrN2O3S/c1-4-7-18-19(13-10-11-16(26-2)17(12-13)27-3)23-21(28-18)24-20(25)14-8-5-6-9-15(14)22/h5-6,8-12H,4,7H2,1-3H3,(H,23,24,25). The van der Waals surface area contributed by atoms with Gasteiger partial charge in [0, 0.05) is 14.9 Å². The Morgan fingerprint density at radius 2 is 1.89 bits per heavy atom. The summed E-state index contributed by atoms with van der Waals surface area (Å²) in [6, 6.07) is 13.0. The molecule has 0 spiro atoms. The number of amides is 1. The largest absolute Gasteiger partial charge is 0.493 e. The van der Waals surface area contributed by atoms with E-state index in [0.29, 0.717) is 22.2 Å². The average Bonchev–Trinajstić information content (AvgIpc) is 3.10. The van der Waals surface area contributed by atoms with E-state index in [9.17, 15) is 4.79 Å². The fourth-order valence-corrected chi connectivity index (χ4v) is 4.37. The van der Waals surface area contributed by atoms with Crippen LogP contribution in [0.2, 0.25) is 0 Å². The molecule has 0 aliphatic carbocycles. The molecule has 7 heteroatoms. The van der Waals surface area contributed by atoms with E-state index >= 15 is 0 Å². The normalized spacial score (nSPS) is 10.6. The van der Waals surface area contributed by atoms with Gasteiger partial charge >= 0.3 is 0 Å². The topological polar surface area (TPSA) is 60.5 Å². The van der Waals surface area contributed by atoms with Crippen LogP contribution in [0.15, 0.2) is 46.9 Å². The molecule has 0 aliphatic rings. The molecular weight excluding hydrogens is 440 g/mol. The Morgan fingerprint density at radius 1 is 1.14 bits per heavy atom. The first-order valence-electron chi connectivity index (χ1n) is 8.85. The lowest BCUT2D eigenvalue weighted by Crippen LogP contribution is -2.12. The van der Waals surface area contributed by atoms with Crippen molar-refractivity contribution in [3.05, 3.63) is 57.4 Å². The lowest BCUT2D eigenvalue weighted by molar-refractivity contribution is 0.102. The van der Waals surface area contributed by atoms with Gasteiger partial charge in [0.05, 0.1) is 25.5 Å². The van der Waals surface area contributed by atoms with Crippen molar-refractivity contribution in [3.63, 3.8) is 0 Å². The number of methoxy groups -OCH3 is 2. The fraction of sp³-hybridized carbons (Fsp3) is 0.238. The zero-order valence-corrected chi connectivity index (χ0v) is 18.3. The fourth-order valence-electron chi connectivity index (χ4n) is 2.82. The summed E-state index contributed by atoms with van der Waals surface area (Å²) in [5, 5.41) is 3.50. The molecular formula is C21H21BrN2O3S. The number of hydrogen-bond acceptors (Lipinski definition) is 5.